The Morgan fingerprint density at radius 1 is 0.837 bits per heavy atom. The predicted molar refractivity (Wildman–Crippen MR) is 166 cm³/mol. The molecule has 0 bridgehead atoms. The van der Waals surface area contributed by atoms with E-state index < -0.39 is 42.5 Å². The number of nitrogens with zero attached hydrogens (tertiary/aromatic N) is 2. The number of alkyl halides is 3. The van der Waals surface area contributed by atoms with Crippen molar-refractivity contribution < 1.29 is 41.4 Å². The molecule has 8 nitrogen and oxygen atoms in total. The van der Waals surface area contributed by atoms with Crippen LogP contribution in [-0.2, 0) is 19.4 Å². The zero-order valence-corrected chi connectivity index (χ0v) is 27.5. The lowest BCUT2D eigenvalue weighted by Crippen LogP contribution is -2.51. The van der Waals surface area contributed by atoms with Gasteiger partial charge >= 0.3 is 6.18 Å². The van der Waals surface area contributed by atoms with Crippen LogP contribution in [0.15, 0.2) is 89.9 Å². The molecule has 0 aliphatic rings. The van der Waals surface area contributed by atoms with Gasteiger partial charge in [-0.1, -0.05) is 80.0 Å². The van der Waals surface area contributed by atoms with Gasteiger partial charge in [0, 0.05) is 51.5 Å². The number of hydrogen-bond donors (Lipinski definition) is 2. The summed E-state index contributed by atoms with van der Waals surface area (Å²) in [5, 5.41) is 19.5. The molecule has 0 fully saturated rings. The summed E-state index contributed by atoms with van der Waals surface area (Å²) in [5.41, 5.74) is -0.376. The average Bonchev–Trinajstić information content (AvgIpc) is 2.92. The summed E-state index contributed by atoms with van der Waals surface area (Å²) in [5.74, 6) is -1.34. The van der Waals surface area contributed by atoms with Gasteiger partial charge in [0.25, 0.3) is 0 Å². The van der Waals surface area contributed by atoms with E-state index in [1.807, 2.05) is 25.1 Å². The van der Waals surface area contributed by atoms with E-state index in [4.69, 9.17) is 5.11 Å². The molecule has 13 heteroatoms. The Balaban J connectivity index is 0.000000625. The molecule has 2 rings (SSSR count). The van der Waals surface area contributed by atoms with Crippen molar-refractivity contribution in [1.82, 2.24) is 9.80 Å². The SMILES string of the molecule is C=C(CC(O)C(F)(F)F)C(=O)N(C)C.C=C(CS(=O)(=O)c1ccccc1)C(=O)N(C)C.CC(O)[Si](C)(C)c1ccccc1. The van der Waals surface area contributed by atoms with Crippen molar-refractivity contribution in [3.05, 3.63) is 85.0 Å². The number of sulfone groups is 1. The van der Waals surface area contributed by atoms with E-state index in [9.17, 15) is 36.3 Å². The molecule has 2 N–H and O–H groups in total. The Morgan fingerprint density at radius 2 is 1.23 bits per heavy atom. The van der Waals surface area contributed by atoms with Gasteiger partial charge in [-0.2, -0.15) is 13.2 Å². The maximum atomic E-state index is 11.9. The monoisotopic (exact) mass is 644 g/mol. The van der Waals surface area contributed by atoms with Crippen molar-refractivity contribution in [3.63, 3.8) is 0 Å². The number of aliphatic hydroxyl groups excluding tert-OH is 2. The van der Waals surface area contributed by atoms with E-state index >= 15 is 0 Å². The third-order valence-corrected chi connectivity index (χ3v) is 11.9. The van der Waals surface area contributed by atoms with Gasteiger partial charge < -0.3 is 20.0 Å². The molecule has 0 saturated carbocycles. The van der Waals surface area contributed by atoms with Crippen molar-refractivity contribution in [3.8, 4) is 0 Å². The highest BCUT2D eigenvalue weighted by Gasteiger charge is 2.39. The fraction of sp³-hybridized carbons (Fsp3) is 0.400. The molecule has 2 atom stereocenters. The Kier molecular flexibility index (Phi) is 15.8. The minimum atomic E-state index is -4.71. The molecule has 2 unspecified atom stereocenters. The second-order valence-electron chi connectivity index (χ2n) is 10.7. The Hall–Kier alpha value is -3.26. The predicted octanol–water partition coefficient (Wildman–Crippen LogP) is 3.57. The van der Waals surface area contributed by atoms with Gasteiger partial charge in [0.1, 0.15) is 8.07 Å². The summed E-state index contributed by atoms with van der Waals surface area (Å²) in [6, 6.07) is 18.3. The molecule has 0 spiro atoms. The van der Waals surface area contributed by atoms with Crippen LogP contribution in [0.5, 0.6) is 0 Å². The second kappa shape index (κ2) is 17.1. The molecule has 240 valence electrons. The van der Waals surface area contributed by atoms with Crippen molar-refractivity contribution >= 4 is 34.9 Å². The highest BCUT2D eigenvalue weighted by Crippen LogP contribution is 2.24. The summed E-state index contributed by atoms with van der Waals surface area (Å²) >= 11 is 0. The van der Waals surface area contributed by atoms with Gasteiger partial charge in [0.15, 0.2) is 15.9 Å². The number of amides is 2. The summed E-state index contributed by atoms with van der Waals surface area (Å²) < 4.78 is 59.5. The summed E-state index contributed by atoms with van der Waals surface area (Å²) in [6.07, 6.45) is -8.03. The van der Waals surface area contributed by atoms with Crippen LogP contribution >= 0.6 is 0 Å². The molecule has 43 heavy (non-hydrogen) atoms. The number of halogens is 3. The van der Waals surface area contributed by atoms with Crippen molar-refractivity contribution in [2.45, 2.75) is 49.3 Å². The zero-order chi connectivity index (χ0) is 33.8. The van der Waals surface area contributed by atoms with Gasteiger partial charge in [0.2, 0.25) is 11.8 Å². The standard InChI is InChI=1S/C12H15NO3S.C10H16OSi.C8H12F3NO2/c1-10(12(14)13(2)3)9-17(15,16)11-7-5-4-6-8-11;1-9(11)12(2,3)10-7-5-4-6-8-10;1-5(7(14)12(2)3)4-6(13)8(9,10)11/h4-8H,1,9H2,2-3H3;4-9,11H,1-3H3;6,13H,1,4H2,2-3H3. The average molecular weight is 645 g/mol. The summed E-state index contributed by atoms with van der Waals surface area (Å²) in [4.78, 5) is 25.2. The number of likely N-dealkylation sites (N-methyl/N-ethyl adjacent to an activating group) is 2. The number of aliphatic hydroxyl groups is 2. The molecule has 2 aromatic carbocycles. The third-order valence-electron chi connectivity index (χ3n) is 6.26. The van der Waals surface area contributed by atoms with Gasteiger partial charge in [-0.25, -0.2) is 8.42 Å². The Labute approximate surface area is 254 Å². The Morgan fingerprint density at radius 3 is 1.60 bits per heavy atom. The van der Waals surface area contributed by atoms with Crippen molar-refractivity contribution in [1.29, 1.82) is 0 Å². The normalized spacial score (nSPS) is 12.7. The topological polar surface area (TPSA) is 115 Å². The minimum Gasteiger partial charge on any atom is -0.396 e. The second-order valence-corrected chi connectivity index (χ2v) is 17.5. The maximum Gasteiger partial charge on any atom is 0.414 e. The van der Waals surface area contributed by atoms with Gasteiger partial charge in [-0.15, -0.1) is 0 Å². The molecule has 0 radical (unpaired) electrons. The van der Waals surface area contributed by atoms with Gasteiger partial charge in [-0.3, -0.25) is 9.59 Å². The number of carbonyl (C=O) groups is 2. The molecular formula is C30H43F3N2O6SSi. The number of hydrogen-bond acceptors (Lipinski definition) is 6. The van der Waals surface area contributed by atoms with E-state index in [2.05, 4.69) is 38.4 Å². The van der Waals surface area contributed by atoms with Gasteiger partial charge in [0.05, 0.1) is 10.6 Å². The lowest BCUT2D eigenvalue weighted by atomic mass is 10.1. The summed E-state index contributed by atoms with van der Waals surface area (Å²) in [6.45, 7) is 13.0. The molecule has 0 aliphatic heterocycles. The molecule has 0 saturated heterocycles. The first kappa shape index (κ1) is 39.7. The lowest BCUT2D eigenvalue weighted by Gasteiger charge is -2.25. The van der Waals surface area contributed by atoms with Crippen LogP contribution in [-0.4, -0.2) is 100 Å². The molecule has 0 aliphatic carbocycles. The van der Waals surface area contributed by atoms with Crippen LogP contribution in [0.4, 0.5) is 13.2 Å². The first-order chi connectivity index (χ1) is 19.6. The zero-order valence-electron chi connectivity index (χ0n) is 25.7. The van der Waals surface area contributed by atoms with E-state index in [0.717, 1.165) is 4.90 Å². The first-order valence-electron chi connectivity index (χ1n) is 13.1. The summed E-state index contributed by atoms with van der Waals surface area (Å²) in [7, 11) is 0.823. The van der Waals surface area contributed by atoms with Crippen LogP contribution < -0.4 is 5.19 Å². The number of rotatable bonds is 9. The smallest absolute Gasteiger partial charge is 0.396 e. The number of benzene rings is 2. The van der Waals surface area contributed by atoms with Crippen LogP contribution in [0.1, 0.15) is 13.3 Å². The first-order valence-corrected chi connectivity index (χ1v) is 17.8. The highest BCUT2D eigenvalue weighted by atomic mass is 32.2. The van der Waals surface area contributed by atoms with Crippen LogP contribution in [0.25, 0.3) is 0 Å². The largest absolute Gasteiger partial charge is 0.414 e. The van der Waals surface area contributed by atoms with E-state index in [0.29, 0.717) is 0 Å². The molecule has 0 heterocycles. The van der Waals surface area contributed by atoms with E-state index in [1.54, 1.807) is 32.3 Å². The van der Waals surface area contributed by atoms with Crippen LogP contribution in [0, 0.1) is 0 Å². The number of carbonyl (C=O) groups excluding carboxylic acids is 2. The fourth-order valence-corrected chi connectivity index (χ4v) is 6.03. The quantitative estimate of drug-likeness (QED) is 0.319. The molecule has 2 amide bonds. The molecule has 2 aromatic rings. The van der Waals surface area contributed by atoms with Crippen LogP contribution in [0.3, 0.4) is 0 Å². The molecular weight excluding hydrogens is 601 g/mol. The van der Waals surface area contributed by atoms with Crippen molar-refractivity contribution in [2.75, 3.05) is 33.9 Å². The lowest BCUT2D eigenvalue weighted by molar-refractivity contribution is -0.203. The fourth-order valence-electron chi connectivity index (χ4n) is 3.18. The molecule has 0 aromatic heterocycles. The third kappa shape index (κ3) is 13.7. The minimum absolute atomic E-state index is 0.0684. The van der Waals surface area contributed by atoms with Crippen LogP contribution in [0.2, 0.25) is 13.1 Å². The van der Waals surface area contributed by atoms with Crippen molar-refractivity contribution in [2.24, 2.45) is 0 Å². The van der Waals surface area contributed by atoms with E-state index in [-0.39, 0.29) is 33.4 Å². The van der Waals surface area contributed by atoms with E-state index in [1.165, 1.54) is 36.3 Å². The maximum absolute atomic E-state index is 11.9. The highest BCUT2D eigenvalue weighted by molar-refractivity contribution is 7.91. The Bertz CT molecular complexity index is 1310. The van der Waals surface area contributed by atoms with Gasteiger partial charge in [-0.05, 0) is 19.1 Å².